The molecule has 0 amide bonds. The first kappa shape index (κ1) is 16.8. The maximum atomic E-state index is 10.0. The summed E-state index contributed by atoms with van der Waals surface area (Å²) in [6.07, 6.45) is 12.3. The molecule has 10 nitrogen and oxygen atoms in total. The van der Waals surface area contributed by atoms with Crippen LogP contribution in [-0.4, -0.2) is 40.9 Å². The Morgan fingerprint density at radius 3 is 2.35 bits per heavy atom. The van der Waals surface area contributed by atoms with Gasteiger partial charge in [0.2, 0.25) is 16.1 Å². The minimum absolute atomic E-state index is 1.27. The van der Waals surface area contributed by atoms with Gasteiger partial charge in [-0.2, -0.15) is 16.6 Å². The van der Waals surface area contributed by atoms with E-state index >= 15 is 0 Å². The summed E-state index contributed by atoms with van der Waals surface area (Å²) in [6.45, 7) is 0. The fraction of sp³-hybridized carbons (Fsp3) is 0. The molecule has 2 rings (SSSR count). The van der Waals surface area contributed by atoms with Crippen LogP contribution in [0.15, 0.2) is 36.2 Å². The molecular formula is C7H6NO9S3-. The van der Waals surface area contributed by atoms with Crippen molar-refractivity contribution in [3.05, 3.63) is 36.2 Å². The Morgan fingerprint density at radius 1 is 1.20 bits per heavy atom. The molecule has 1 atom stereocenters. The van der Waals surface area contributed by atoms with Crippen LogP contribution in [0.25, 0.3) is 0 Å². The Balaban J connectivity index is 0.000000212. The Hall–Kier alpha value is -1.22. The van der Waals surface area contributed by atoms with Crippen LogP contribution < -0.4 is 0 Å². The van der Waals surface area contributed by atoms with Gasteiger partial charge in [0.05, 0.1) is 0 Å². The van der Waals surface area contributed by atoms with Crippen molar-refractivity contribution in [3.8, 4) is 0 Å². The lowest BCUT2D eigenvalue weighted by molar-refractivity contribution is -0.380. The summed E-state index contributed by atoms with van der Waals surface area (Å²) < 4.78 is 75.6. The summed E-state index contributed by atoms with van der Waals surface area (Å²) >= 11 is -3.54. The van der Waals surface area contributed by atoms with E-state index in [1.54, 1.807) is 0 Å². The van der Waals surface area contributed by atoms with Crippen molar-refractivity contribution < 1.29 is 42.0 Å². The van der Waals surface area contributed by atoms with E-state index in [-0.39, 0.29) is 0 Å². The normalized spacial score (nSPS) is 17.9. The first-order valence-corrected chi connectivity index (χ1v) is 8.15. The largest absolute Gasteiger partial charge is 0.749 e. The summed E-state index contributed by atoms with van der Waals surface area (Å²) in [5, 5.41) is 0. The Kier molecular flexibility index (Phi) is 5.46. The molecule has 0 radical (unpaired) electrons. The standard InChI is InChI=1S/C7H6N.H2O9S3/c1-3-7-4-2-6-8(7)5-1;1-10(2)8-12(6,7)9-11(3,4)5/h1-6H;(H,1,2)(H,3,4,5)/q+1;/p-2. The van der Waals surface area contributed by atoms with Crippen molar-refractivity contribution in [2.75, 3.05) is 0 Å². The Morgan fingerprint density at radius 2 is 1.85 bits per heavy atom. The van der Waals surface area contributed by atoms with E-state index < -0.39 is 32.2 Å². The minimum Gasteiger partial charge on any atom is -0.749 e. The molecule has 2 heterocycles. The van der Waals surface area contributed by atoms with E-state index in [2.05, 4.69) is 24.0 Å². The van der Waals surface area contributed by atoms with Crippen molar-refractivity contribution >= 4 is 38.4 Å². The van der Waals surface area contributed by atoms with E-state index in [1.807, 2.05) is 24.6 Å². The first-order valence-electron chi connectivity index (χ1n) is 4.48. The molecule has 0 aromatic carbocycles. The second-order valence-electron chi connectivity index (χ2n) is 3.01. The molecular weight excluding hydrogens is 338 g/mol. The summed E-state index contributed by atoms with van der Waals surface area (Å²) in [6, 6.07) is 0. The molecule has 0 aromatic rings. The van der Waals surface area contributed by atoms with E-state index in [0.29, 0.717) is 0 Å². The maximum Gasteiger partial charge on any atom is 0.426 e. The van der Waals surface area contributed by atoms with Gasteiger partial charge in [-0.3, -0.25) is 0 Å². The van der Waals surface area contributed by atoms with E-state index in [9.17, 15) is 30.1 Å². The molecule has 0 aromatic heterocycles. The average Bonchev–Trinajstić information content (AvgIpc) is 2.70. The molecule has 13 heteroatoms. The van der Waals surface area contributed by atoms with Gasteiger partial charge in [0, 0.05) is 24.3 Å². The fourth-order valence-corrected chi connectivity index (χ4v) is 2.76. The fourth-order valence-electron chi connectivity index (χ4n) is 1.10. The molecule has 1 unspecified atom stereocenters. The van der Waals surface area contributed by atoms with Gasteiger partial charge in [0.15, 0.2) is 12.4 Å². The lowest BCUT2D eigenvalue weighted by atomic mass is 10.4. The number of hydrogen-bond acceptors (Lipinski definition) is 9. The van der Waals surface area contributed by atoms with Gasteiger partial charge in [-0.15, -0.1) is 3.63 Å². The monoisotopic (exact) mass is 344 g/mol. The molecule has 0 bridgehead atoms. The van der Waals surface area contributed by atoms with E-state index in [4.69, 9.17) is 0 Å². The van der Waals surface area contributed by atoms with Gasteiger partial charge in [0.25, 0.3) is 0 Å². The molecule has 0 spiro atoms. The number of nitrogens with zero attached hydrogens (tertiary/aromatic N) is 1. The van der Waals surface area contributed by atoms with Gasteiger partial charge in [-0.25, -0.2) is 12.6 Å². The lowest BCUT2D eigenvalue weighted by Gasteiger charge is -2.07. The van der Waals surface area contributed by atoms with Crippen LogP contribution in [0.4, 0.5) is 0 Å². The second kappa shape index (κ2) is 6.49. The highest BCUT2D eigenvalue weighted by Gasteiger charge is 2.17. The summed E-state index contributed by atoms with van der Waals surface area (Å²) in [7, 11) is -10.9. The quantitative estimate of drug-likeness (QED) is 0.258. The topological polar surface area (TPSA) is 153 Å². The molecule has 2 aliphatic rings. The van der Waals surface area contributed by atoms with Crippen LogP contribution in [0.1, 0.15) is 0 Å². The Labute approximate surface area is 117 Å². The van der Waals surface area contributed by atoms with Crippen molar-refractivity contribution in [1.82, 2.24) is 0 Å². The van der Waals surface area contributed by atoms with E-state index in [1.165, 1.54) is 5.70 Å². The van der Waals surface area contributed by atoms with Crippen molar-refractivity contribution in [2.45, 2.75) is 0 Å². The van der Waals surface area contributed by atoms with Crippen LogP contribution in [-0.2, 0) is 39.4 Å². The van der Waals surface area contributed by atoms with Crippen molar-refractivity contribution in [3.63, 3.8) is 0 Å². The molecule has 0 N–H and O–H groups in total. The second-order valence-corrected chi connectivity index (χ2v) is 6.14. The molecule has 0 aliphatic carbocycles. The molecule has 0 saturated carbocycles. The van der Waals surface area contributed by atoms with Gasteiger partial charge in [-0.1, -0.05) is 0 Å². The van der Waals surface area contributed by atoms with Crippen LogP contribution in [0, 0.1) is 0 Å². The third-order valence-electron chi connectivity index (χ3n) is 1.63. The third kappa shape index (κ3) is 6.29. The lowest BCUT2D eigenvalue weighted by Crippen LogP contribution is -2.16. The zero-order chi connectivity index (χ0) is 15.4. The smallest absolute Gasteiger partial charge is 0.426 e. The van der Waals surface area contributed by atoms with Gasteiger partial charge < -0.3 is 9.11 Å². The van der Waals surface area contributed by atoms with Crippen LogP contribution in [0.2, 0.25) is 0 Å². The van der Waals surface area contributed by atoms with Crippen LogP contribution >= 0.6 is 0 Å². The highest BCUT2D eigenvalue weighted by molar-refractivity contribution is 7.99. The molecule has 2 aliphatic heterocycles. The highest BCUT2D eigenvalue weighted by Crippen LogP contribution is 2.10. The zero-order valence-corrected chi connectivity index (χ0v) is 11.8. The molecule has 0 fully saturated rings. The highest BCUT2D eigenvalue weighted by atomic mass is 32.3. The van der Waals surface area contributed by atoms with Crippen LogP contribution in [0.3, 0.4) is 0 Å². The number of hydrogen-bond donors (Lipinski definition) is 0. The summed E-state index contributed by atoms with van der Waals surface area (Å²) in [4.78, 5) is 0. The first-order chi connectivity index (χ1) is 9.09. The van der Waals surface area contributed by atoms with Crippen LogP contribution in [0.5, 0.6) is 0 Å². The van der Waals surface area contributed by atoms with Gasteiger partial charge in [-0.05, 0) is 0 Å². The zero-order valence-electron chi connectivity index (χ0n) is 9.31. The number of fused-ring (bicyclic) bond motifs is 1. The van der Waals surface area contributed by atoms with E-state index in [0.717, 1.165) is 0 Å². The molecule has 112 valence electrons. The van der Waals surface area contributed by atoms with Crippen molar-refractivity contribution in [1.29, 1.82) is 0 Å². The van der Waals surface area contributed by atoms with Gasteiger partial charge in [0.1, 0.15) is 11.4 Å². The van der Waals surface area contributed by atoms with Crippen molar-refractivity contribution in [2.24, 2.45) is 0 Å². The predicted molar refractivity (Wildman–Crippen MR) is 62.4 cm³/mol. The average molecular weight is 344 g/mol. The number of allylic oxidation sites excluding steroid dienone is 4. The van der Waals surface area contributed by atoms with Gasteiger partial charge >= 0.3 is 10.4 Å². The Bertz CT molecular complexity index is 700. The number of rotatable bonds is 4. The molecule has 20 heavy (non-hydrogen) atoms. The third-order valence-corrected chi connectivity index (χ3v) is 4.08. The SMILES string of the molecule is C1=CC2=CC=C[N+]2=C1.O=S([O-])OS(=O)(=O)OS(=O)(=O)[O-]. The predicted octanol–water partition coefficient (Wildman–Crippen LogP) is -1.43. The summed E-state index contributed by atoms with van der Waals surface area (Å²) in [5.74, 6) is 0. The molecule has 0 saturated heterocycles. The minimum atomic E-state index is -5.56. The maximum absolute atomic E-state index is 10.0. The summed E-state index contributed by atoms with van der Waals surface area (Å²) in [5.41, 5.74) is 1.27.